The van der Waals surface area contributed by atoms with Crippen LogP contribution in [0.2, 0.25) is 0 Å². The van der Waals surface area contributed by atoms with E-state index in [-0.39, 0.29) is 50.7 Å². The van der Waals surface area contributed by atoms with E-state index in [4.69, 9.17) is 22.9 Å². The van der Waals surface area contributed by atoms with Gasteiger partial charge in [0.2, 0.25) is 47.3 Å². The van der Waals surface area contributed by atoms with Gasteiger partial charge < -0.3 is 59.7 Å². The number of primary amides is 1. The molecule has 61 heavy (non-hydrogen) atoms. The monoisotopic (exact) mass is 874 g/mol. The first kappa shape index (κ1) is 51.7. The van der Waals surface area contributed by atoms with Crippen molar-refractivity contribution in [1.29, 1.82) is 0 Å². The van der Waals surface area contributed by atoms with E-state index in [1.54, 1.807) is 38.1 Å². The Morgan fingerprint density at radius 2 is 1.44 bits per heavy atom. The highest BCUT2D eigenvalue weighted by atomic mass is 32.2. The molecule has 340 valence electrons. The molecule has 1 aromatic rings. The first-order chi connectivity index (χ1) is 28.9. The van der Waals surface area contributed by atoms with Crippen LogP contribution in [0, 0.1) is 11.8 Å². The summed E-state index contributed by atoms with van der Waals surface area (Å²) < 4.78 is 0. The van der Waals surface area contributed by atoms with Crippen molar-refractivity contribution < 1.29 is 38.4 Å². The molecule has 0 radical (unpaired) electrons. The largest absolute Gasteiger partial charge is 0.370 e. The minimum atomic E-state index is -1.17. The Kier molecular flexibility index (Phi) is 22.6. The maximum Gasteiger partial charge on any atom is 0.245 e. The molecule has 0 aromatic heterocycles. The molecule has 0 aliphatic carbocycles. The molecule has 0 bridgehead atoms. The Balaban J connectivity index is 2.16. The second-order valence-electron chi connectivity index (χ2n) is 15.7. The molecule has 1 aromatic carbocycles. The fraction of sp³-hybridized carbons (Fsp3) is 0.625. The van der Waals surface area contributed by atoms with E-state index in [9.17, 15) is 38.4 Å². The SMILES string of the molecule is CSCC[C@H](NC(=O)CN)C(=O)N1CCC[C@H]1C(=O)NCC(=O)N[C@H](C(=O)N[C@@H](CC(C)C)C(=O)N[C@@H](CCCN=C(N)N)C(=O)N[C@@H](Cc1ccccc1)C(N)=O)C(C)C. The number of thioether (sulfide) groups is 1. The molecule has 8 amide bonds. The molecule has 1 fully saturated rings. The van der Waals surface area contributed by atoms with Crippen molar-refractivity contribution in [1.82, 2.24) is 36.8 Å². The van der Waals surface area contributed by atoms with E-state index in [0.717, 1.165) is 5.56 Å². The summed E-state index contributed by atoms with van der Waals surface area (Å²) in [4.78, 5) is 111. The van der Waals surface area contributed by atoms with Crippen LogP contribution < -0.4 is 54.8 Å². The number of nitrogens with two attached hydrogens (primary N) is 4. The lowest BCUT2D eigenvalue weighted by Crippen LogP contribution is -2.59. The lowest BCUT2D eigenvalue weighted by molar-refractivity contribution is -0.141. The molecule has 1 aliphatic rings. The minimum Gasteiger partial charge on any atom is -0.370 e. The zero-order valence-electron chi connectivity index (χ0n) is 35.9. The molecule has 20 nitrogen and oxygen atoms in total. The normalized spacial score (nSPS) is 16.0. The second kappa shape index (κ2) is 26.7. The Bertz CT molecular complexity index is 1680. The fourth-order valence-corrected chi connectivity index (χ4v) is 7.12. The summed E-state index contributed by atoms with van der Waals surface area (Å²) >= 11 is 1.51. The van der Waals surface area contributed by atoms with Gasteiger partial charge in [-0.15, -0.1) is 0 Å². The summed E-state index contributed by atoms with van der Waals surface area (Å²) in [5.41, 5.74) is 22.7. The lowest BCUT2D eigenvalue weighted by atomic mass is 9.99. The standard InChI is InChI=1S/C40H66N12O8S/c1-23(2)19-29(36(57)48-26(13-9-16-45-40(43)44)35(56)49-28(34(42)55)20-25-11-7-6-8-12-25)50-38(59)33(24(3)4)51-32(54)22-46-37(58)30-14-10-17-52(30)39(60)27(15-18-61-5)47-31(53)21-41/h6-8,11-12,23-24,26-30,33H,9-10,13-22,41H2,1-5H3,(H2,42,55)(H,46,58)(H,47,53)(H,48,57)(H,49,56)(H,50,59)(H,51,54)(H4,43,44,45)/t26-,27-,28-,29-,30-,33-/m0/s1. The van der Waals surface area contributed by atoms with Crippen LogP contribution in [-0.2, 0) is 44.8 Å². The van der Waals surface area contributed by atoms with Gasteiger partial charge in [-0.25, -0.2) is 0 Å². The second-order valence-corrected chi connectivity index (χ2v) is 16.6. The van der Waals surface area contributed by atoms with Crippen LogP contribution in [0.4, 0.5) is 0 Å². The van der Waals surface area contributed by atoms with E-state index in [1.165, 1.54) is 16.7 Å². The van der Waals surface area contributed by atoms with Crippen molar-refractivity contribution >= 4 is 65.0 Å². The molecule has 0 saturated carbocycles. The highest BCUT2D eigenvalue weighted by Crippen LogP contribution is 2.20. The van der Waals surface area contributed by atoms with Crippen molar-refractivity contribution in [2.45, 2.75) is 109 Å². The Hall–Kier alpha value is -5.44. The van der Waals surface area contributed by atoms with Gasteiger partial charge in [-0.1, -0.05) is 58.0 Å². The third-order valence-corrected chi connectivity index (χ3v) is 10.5. The molecule has 1 aliphatic heterocycles. The molecular formula is C40H66N12O8S. The molecule has 21 heteroatoms. The number of hydrogen-bond donors (Lipinski definition) is 10. The number of carbonyl (C=O) groups excluding carboxylic acids is 8. The van der Waals surface area contributed by atoms with Gasteiger partial charge in [-0.3, -0.25) is 43.3 Å². The highest BCUT2D eigenvalue weighted by Gasteiger charge is 2.38. The topological polar surface area (TPSA) is 328 Å². The van der Waals surface area contributed by atoms with Gasteiger partial charge >= 0.3 is 0 Å². The van der Waals surface area contributed by atoms with Crippen molar-refractivity contribution in [3.05, 3.63) is 35.9 Å². The maximum atomic E-state index is 13.9. The number of guanidine groups is 1. The number of rotatable bonds is 26. The van der Waals surface area contributed by atoms with E-state index >= 15 is 0 Å². The molecule has 1 saturated heterocycles. The average molecular weight is 875 g/mol. The van der Waals surface area contributed by atoms with Crippen LogP contribution in [-0.4, -0.2) is 133 Å². The van der Waals surface area contributed by atoms with E-state index < -0.39 is 96.0 Å². The van der Waals surface area contributed by atoms with Crippen LogP contribution in [0.1, 0.15) is 71.8 Å². The third kappa shape index (κ3) is 18.4. The van der Waals surface area contributed by atoms with Gasteiger partial charge in [0.05, 0.1) is 13.1 Å². The predicted molar refractivity (Wildman–Crippen MR) is 233 cm³/mol. The molecule has 0 spiro atoms. The van der Waals surface area contributed by atoms with Gasteiger partial charge in [0, 0.05) is 19.5 Å². The van der Waals surface area contributed by atoms with E-state index in [0.29, 0.717) is 31.6 Å². The Morgan fingerprint density at radius 1 is 0.803 bits per heavy atom. The van der Waals surface area contributed by atoms with Crippen molar-refractivity contribution in [3.8, 4) is 0 Å². The van der Waals surface area contributed by atoms with Crippen LogP contribution in [0.25, 0.3) is 0 Å². The summed E-state index contributed by atoms with van der Waals surface area (Å²) in [6, 6.07) is 2.68. The van der Waals surface area contributed by atoms with Crippen molar-refractivity contribution in [2.24, 2.45) is 39.8 Å². The molecule has 6 atom stereocenters. The third-order valence-electron chi connectivity index (χ3n) is 9.82. The number of nitrogens with zero attached hydrogens (tertiary/aromatic N) is 2. The first-order valence-corrected chi connectivity index (χ1v) is 21.9. The smallest absolute Gasteiger partial charge is 0.245 e. The number of hydrogen-bond acceptors (Lipinski definition) is 11. The summed E-state index contributed by atoms with van der Waals surface area (Å²) in [6.07, 6.45) is 3.74. The van der Waals surface area contributed by atoms with Gasteiger partial charge in [-0.2, -0.15) is 11.8 Å². The first-order valence-electron chi connectivity index (χ1n) is 20.5. The number of nitrogens with one attached hydrogen (secondary N) is 6. The molecule has 0 unspecified atom stereocenters. The minimum absolute atomic E-state index is 0.0696. The molecule has 2 rings (SSSR count). The van der Waals surface area contributed by atoms with Crippen LogP contribution in [0.15, 0.2) is 35.3 Å². The van der Waals surface area contributed by atoms with E-state index in [2.05, 4.69) is 36.9 Å². The maximum absolute atomic E-state index is 13.9. The predicted octanol–water partition coefficient (Wildman–Crippen LogP) is -2.29. The van der Waals surface area contributed by atoms with Gasteiger partial charge in [-0.05, 0) is 67.9 Å². The number of aliphatic imine (C=N–C) groups is 1. The number of amides is 8. The van der Waals surface area contributed by atoms with Crippen LogP contribution in [0.5, 0.6) is 0 Å². The summed E-state index contributed by atoms with van der Waals surface area (Å²) in [5.74, 6) is -5.08. The summed E-state index contributed by atoms with van der Waals surface area (Å²) in [5, 5.41) is 15.9. The Labute approximate surface area is 362 Å². The van der Waals surface area contributed by atoms with Gasteiger partial charge in [0.15, 0.2) is 5.96 Å². The number of likely N-dealkylation sites (tertiary alicyclic amines) is 1. The summed E-state index contributed by atoms with van der Waals surface area (Å²) in [7, 11) is 0. The number of benzene rings is 1. The average Bonchev–Trinajstić information content (AvgIpc) is 3.71. The zero-order valence-corrected chi connectivity index (χ0v) is 36.7. The number of carbonyl (C=O) groups is 8. The summed E-state index contributed by atoms with van der Waals surface area (Å²) in [6.45, 7) is 6.73. The van der Waals surface area contributed by atoms with Gasteiger partial charge in [0.1, 0.15) is 36.3 Å². The lowest BCUT2D eigenvalue weighted by Gasteiger charge is -2.29. The molecule has 1 heterocycles. The van der Waals surface area contributed by atoms with Crippen LogP contribution >= 0.6 is 11.8 Å². The zero-order chi connectivity index (χ0) is 45.6. The van der Waals surface area contributed by atoms with Crippen molar-refractivity contribution in [2.75, 3.05) is 38.2 Å². The quantitative estimate of drug-likeness (QED) is 0.0267. The van der Waals surface area contributed by atoms with Crippen LogP contribution in [0.3, 0.4) is 0 Å². The van der Waals surface area contributed by atoms with Gasteiger partial charge in [0.25, 0.3) is 0 Å². The molecular weight excluding hydrogens is 809 g/mol. The molecule has 14 N–H and O–H groups in total. The highest BCUT2D eigenvalue weighted by molar-refractivity contribution is 7.98. The van der Waals surface area contributed by atoms with E-state index in [1.807, 2.05) is 26.2 Å². The fourth-order valence-electron chi connectivity index (χ4n) is 6.65. The van der Waals surface area contributed by atoms with Crippen molar-refractivity contribution in [3.63, 3.8) is 0 Å². The Morgan fingerprint density at radius 3 is 2.03 bits per heavy atom.